The molecule has 2 heterocycles. The standard InChI is InChI=1S/C19H19FN2OS2/c1-2-22-18(23)16-14-8-3-4-9-15(14)25-17(16)21-19(22)24-11-12-6-5-7-13(20)10-12/h5-7,10H,2-4,8-9,11H2,1H3. The van der Waals surface area contributed by atoms with Crippen molar-refractivity contribution in [2.24, 2.45) is 0 Å². The van der Waals surface area contributed by atoms with E-state index in [1.807, 2.05) is 13.0 Å². The summed E-state index contributed by atoms with van der Waals surface area (Å²) >= 11 is 3.17. The Bertz CT molecular complexity index is 993. The van der Waals surface area contributed by atoms with E-state index in [2.05, 4.69) is 0 Å². The van der Waals surface area contributed by atoms with Crippen LogP contribution >= 0.6 is 23.1 Å². The second kappa shape index (κ2) is 6.92. The zero-order valence-electron chi connectivity index (χ0n) is 14.0. The van der Waals surface area contributed by atoms with Crippen molar-refractivity contribution in [1.82, 2.24) is 9.55 Å². The second-order valence-corrected chi connectivity index (χ2v) is 8.28. The molecule has 4 rings (SSSR count). The van der Waals surface area contributed by atoms with Crippen molar-refractivity contribution in [1.29, 1.82) is 0 Å². The number of hydrogen-bond acceptors (Lipinski definition) is 4. The highest BCUT2D eigenvalue weighted by molar-refractivity contribution is 7.98. The first-order chi connectivity index (χ1) is 12.2. The molecule has 3 nitrogen and oxygen atoms in total. The van der Waals surface area contributed by atoms with Gasteiger partial charge in [0, 0.05) is 17.2 Å². The lowest BCUT2D eigenvalue weighted by atomic mass is 9.97. The van der Waals surface area contributed by atoms with E-state index < -0.39 is 0 Å². The van der Waals surface area contributed by atoms with Crippen molar-refractivity contribution in [2.75, 3.05) is 0 Å². The van der Waals surface area contributed by atoms with Crippen molar-refractivity contribution >= 4 is 33.3 Å². The van der Waals surface area contributed by atoms with Gasteiger partial charge in [-0.2, -0.15) is 0 Å². The number of rotatable bonds is 4. The van der Waals surface area contributed by atoms with Gasteiger partial charge in [-0.15, -0.1) is 11.3 Å². The maximum Gasteiger partial charge on any atom is 0.263 e. The highest BCUT2D eigenvalue weighted by atomic mass is 32.2. The van der Waals surface area contributed by atoms with Crippen LogP contribution in [0.3, 0.4) is 0 Å². The maximum atomic E-state index is 13.4. The molecule has 1 aromatic carbocycles. The van der Waals surface area contributed by atoms with Crippen LogP contribution in [0, 0.1) is 5.82 Å². The van der Waals surface area contributed by atoms with E-state index in [0.717, 1.165) is 40.2 Å². The summed E-state index contributed by atoms with van der Waals surface area (Å²) in [6, 6.07) is 6.58. The van der Waals surface area contributed by atoms with Gasteiger partial charge < -0.3 is 0 Å². The summed E-state index contributed by atoms with van der Waals surface area (Å²) in [6.07, 6.45) is 4.41. The maximum absolute atomic E-state index is 13.4. The molecular weight excluding hydrogens is 355 g/mol. The lowest BCUT2D eigenvalue weighted by Gasteiger charge is -2.12. The number of fused-ring (bicyclic) bond motifs is 3. The predicted molar refractivity (Wildman–Crippen MR) is 102 cm³/mol. The molecule has 0 aliphatic heterocycles. The molecular formula is C19H19FN2OS2. The Morgan fingerprint density at radius 3 is 2.96 bits per heavy atom. The smallest absolute Gasteiger partial charge is 0.263 e. The molecule has 1 aliphatic rings. The van der Waals surface area contributed by atoms with Crippen molar-refractivity contribution < 1.29 is 4.39 Å². The average Bonchev–Trinajstić information content (AvgIpc) is 2.98. The third-order valence-corrected chi connectivity index (χ3v) is 6.85. The number of aryl methyl sites for hydroxylation is 2. The van der Waals surface area contributed by atoms with Crippen molar-refractivity contribution in [3.05, 3.63) is 56.4 Å². The van der Waals surface area contributed by atoms with Gasteiger partial charge in [0.2, 0.25) is 0 Å². The first kappa shape index (κ1) is 16.8. The third-order valence-electron chi connectivity index (χ3n) is 4.61. The topological polar surface area (TPSA) is 34.9 Å². The quantitative estimate of drug-likeness (QED) is 0.486. The highest BCUT2D eigenvalue weighted by Crippen LogP contribution is 2.35. The summed E-state index contributed by atoms with van der Waals surface area (Å²) in [6.45, 7) is 2.57. The number of thioether (sulfide) groups is 1. The fourth-order valence-corrected chi connectivity index (χ4v) is 5.69. The summed E-state index contributed by atoms with van der Waals surface area (Å²) in [5.41, 5.74) is 2.20. The molecule has 0 amide bonds. The molecule has 130 valence electrons. The third kappa shape index (κ3) is 3.13. The molecule has 0 fully saturated rings. The zero-order valence-corrected chi connectivity index (χ0v) is 15.7. The molecule has 0 N–H and O–H groups in total. The second-order valence-electron chi connectivity index (χ2n) is 6.25. The fourth-order valence-electron chi connectivity index (χ4n) is 3.38. The fraction of sp³-hybridized carbons (Fsp3) is 0.368. The number of nitrogens with zero attached hydrogens (tertiary/aromatic N) is 2. The first-order valence-electron chi connectivity index (χ1n) is 8.59. The van der Waals surface area contributed by atoms with E-state index in [1.165, 1.54) is 40.8 Å². The van der Waals surface area contributed by atoms with Crippen molar-refractivity contribution in [3.8, 4) is 0 Å². The van der Waals surface area contributed by atoms with E-state index in [4.69, 9.17) is 4.98 Å². The van der Waals surface area contributed by atoms with Gasteiger partial charge in [-0.3, -0.25) is 9.36 Å². The summed E-state index contributed by atoms with van der Waals surface area (Å²) in [5, 5.41) is 1.56. The Hall–Kier alpha value is -1.66. The van der Waals surface area contributed by atoms with Crippen LogP contribution in [0.1, 0.15) is 35.8 Å². The van der Waals surface area contributed by atoms with Crippen LogP contribution in [0.4, 0.5) is 4.39 Å². The Morgan fingerprint density at radius 1 is 1.32 bits per heavy atom. The number of benzene rings is 1. The monoisotopic (exact) mass is 374 g/mol. The highest BCUT2D eigenvalue weighted by Gasteiger charge is 2.21. The van der Waals surface area contributed by atoms with Gasteiger partial charge in [-0.25, -0.2) is 9.37 Å². The van der Waals surface area contributed by atoms with Gasteiger partial charge in [-0.1, -0.05) is 23.9 Å². The lowest BCUT2D eigenvalue weighted by Crippen LogP contribution is -2.22. The molecule has 6 heteroatoms. The Kier molecular flexibility index (Phi) is 4.65. The van der Waals surface area contributed by atoms with Gasteiger partial charge >= 0.3 is 0 Å². The number of thiophene rings is 1. The molecule has 0 spiro atoms. The molecule has 0 saturated carbocycles. The summed E-state index contributed by atoms with van der Waals surface area (Å²) < 4.78 is 15.1. The van der Waals surface area contributed by atoms with Crippen molar-refractivity contribution in [2.45, 2.75) is 50.1 Å². The van der Waals surface area contributed by atoms with Crippen LogP contribution in [-0.2, 0) is 25.1 Å². The average molecular weight is 375 g/mol. The van der Waals surface area contributed by atoms with Gasteiger partial charge in [0.25, 0.3) is 5.56 Å². The van der Waals surface area contributed by atoms with Gasteiger partial charge in [0.05, 0.1) is 5.39 Å². The van der Waals surface area contributed by atoms with Crippen LogP contribution < -0.4 is 5.56 Å². The predicted octanol–water partition coefficient (Wildman–Crippen LogP) is 4.79. The van der Waals surface area contributed by atoms with Gasteiger partial charge in [-0.05, 0) is 55.9 Å². The molecule has 0 unspecified atom stereocenters. The Labute approximate surface area is 153 Å². The van der Waals surface area contributed by atoms with Gasteiger partial charge in [0.15, 0.2) is 5.16 Å². The minimum absolute atomic E-state index is 0.0774. The number of halogens is 1. The molecule has 0 radical (unpaired) electrons. The summed E-state index contributed by atoms with van der Waals surface area (Å²) in [5.74, 6) is 0.362. The number of hydrogen-bond donors (Lipinski definition) is 0. The minimum atomic E-state index is -0.236. The number of aromatic nitrogens is 2. The summed E-state index contributed by atoms with van der Waals surface area (Å²) in [7, 11) is 0. The zero-order chi connectivity index (χ0) is 17.4. The molecule has 3 aromatic rings. The van der Waals surface area contributed by atoms with Crippen LogP contribution in [0.2, 0.25) is 0 Å². The Balaban J connectivity index is 1.74. The van der Waals surface area contributed by atoms with Crippen LogP contribution in [-0.4, -0.2) is 9.55 Å². The van der Waals surface area contributed by atoms with E-state index in [1.54, 1.807) is 22.0 Å². The van der Waals surface area contributed by atoms with Crippen LogP contribution in [0.15, 0.2) is 34.2 Å². The van der Waals surface area contributed by atoms with Crippen LogP contribution in [0.5, 0.6) is 0 Å². The minimum Gasteiger partial charge on any atom is -0.287 e. The van der Waals surface area contributed by atoms with Crippen molar-refractivity contribution in [3.63, 3.8) is 0 Å². The largest absolute Gasteiger partial charge is 0.287 e. The normalized spacial score (nSPS) is 14.0. The molecule has 0 atom stereocenters. The van der Waals surface area contributed by atoms with E-state index in [9.17, 15) is 9.18 Å². The molecule has 1 aliphatic carbocycles. The van der Waals surface area contributed by atoms with E-state index >= 15 is 0 Å². The van der Waals surface area contributed by atoms with Crippen LogP contribution in [0.25, 0.3) is 10.2 Å². The molecule has 0 saturated heterocycles. The first-order valence-corrected chi connectivity index (χ1v) is 10.4. The molecule has 2 aromatic heterocycles. The van der Waals surface area contributed by atoms with E-state index in [-0.39, 0.29) is 11.4 Å². The molecule has 25 heavy (non-hydrogen) atoms. The van der Waals surface area contributed by atoms with E-state index in [0.29, 0.717) is 12.3 Å². The SMILES string of the molecule is CCn1c(SCc2cccc(F)c2)nc2sc3c(c2c1=O)CCCC3. The summed E-state index contributed by atoms with van der Waals surface area (Å²) in [4.78, 5) is 20.0. The van der Waals surface area contributed by atoms with Gasteiger partial charge in [0.1, 0.15) is 10.6 Å². The lowest BCUT2D eigenvalue weighted by molar-refractivity contribution is 0.626. The molecule has 0 bridgehead atoms. The Morgan fingerprint density at radius 2 is 2.16 bits per heavy atom.